The minimum atomic E-state index is 0.614. The van der Waals surface area contributed by atoms with Crippen LogP contribution >= 0.6 is 23.5 Å². The molecule has 1 fully saturated rings. The molecule has 2 aromatic carbocycles. The predicted octanol–water partition coefficient (Wildman–Crippen LogP) is 4.74. The fourth-order valence-electron chi connectivity index (χ4n) is 2.01. The Morgan fingerprint density at radius 3 is 2.26 bits per heavy atom. The molecule has 1 aliphatic heterocycles. The van der Waals surface area contributed by atoms with Crippen molar-refractivity contribution in [3.63, 3.8) is 0 Å². The van der Waals surface area contributed by atoms with Crippen LogP contribution in [0.15, 0.2) is 54.6 Å². The first kappa shape index (κ1) is 12.9. The van der Waals surface area contributed by atoms with E-state index in [0.717, 1.165) is 5.75 Å². The fraction of sp³-hybridized carbons (Fsp3) is 0.250. The summed E-state index contributed by atoms with van der Waals surface area (Å²) in [6, 6.07) is 18.8. The Labute approximate surface area is 122 Å². The van der Waals surface area contributed by atoms with Crippen LogP contribution in [0.3, 0.4) is 0 Å². The van der Waals surface area contributed by atoms with E-state index in [1.807, 2.05) is 41.7 Å². The Kier molecular flexibility index (Phi) is 4.36. The lowest BCUT2D eigenvalue weighted by molar-refractivity contribution is 0.306. The summed E-state index contributed by atoms with van der Waals surface area (Å²) in [4.78, 5) is 0. The van der Waals surface area contributed by atoms with E-state index in [9.17, 15) is 0 Å². The fourth-order valence-corrected chi connectivity index (χ4v) is 4.87. The van der Waals surface area contributed by atoms with Crippen LogP contribution in [0.2, 0.25) is 0 Å². The van der Waals surface area contributed by atoms with Crippen molar-refractivity contribution < 1.29 is 4.74 Å². The van der Waals surface area contributed by atoms with Crippen LogP contribution in [0.4, 0.5) is 0 Å². The molecule has 3 heteroatoms. The van der Waals surface area contributed by atoms with Crippen LogP contribution in [0.5, 0.6) is 5.75 Å². The van der Waals surface area contributed by atoms with Gasteiger partial charge in [0.1, 0.15) is 12.4 Å². The first-order chi connectivity index (χ1) is 9.42. The van der Waals surface area contributed by atoms with Gasteiger partial charge in [0, 0.05) is 11.5 Å². The Bertz CT molecular complexity index is 504. The van der Waals surface area contributed by atoms with E-state index in [4.69, 9.17) is 4.74 Å². The van der Waals surface area contributed by atoms with Crippen LogP contribution < -0.4 is 4.74 Å². The number of benzene rings is 2. The quantitative estimate of drug-likeness (QED) is 0.804. The Balaban J connectivity index is 1.60. The number of ether oxygens (including phenoxy) is 1. The van der Waals surface area contributed by atoms with Gasteiger partial charge in [0.15, 0.2) is 0 Å². The largest absolute Gasteiger partial charge is 0.489 e. The molecular formula is C16H16OS2. The van der Waals surface area contributed by atoms with Gasteiger partial charge in [0.25, 0.3) is 0 Å². The molecule has 1 aliphatic rings. The van der Waals surface area contributed by atoms with Crippen molar-refractivity contribution in [1.82, 2.24) is 0 Å². The number of rotatable bonds is 4. The number of hydrogen-bond acceptors (Lipinski definition) is 3. The number of hydrogen-bond donors (Lipinski definition) is 0. The Hall–Kier alpha value is -1.06. The summed E-state index contributed by atoms with van der Waals surface area (Å²) in [5, 5.41) is 0. The van der Waals surface area contributed by atoms with Gasteiger partial charge in [-0.1, -0.05) is 42.5 Å². The lowest BCUT2D eigenvalue weighted by Gasteiger charge is -2.10. The van der Waals surface area contributed by atoms with E-state index < -0.39 is 0 Å². The molecule has 0 N–H and O–H groups in total. The molecule has 0 amide bonds. The summed E-state index contributed by atoms with van der Waals surface area (Å²) in [5.74, 6) is 3.48. The molecular weight excluding hydrogens is 272 g/mol. The van der Waals surface area contributed by atoms with Crippen LogP contribution in [-0.2, 0) is 6.61 Å². The summed E-state index contributed by atoms with van der Waals surface area (Å²) in [5.41, 5.74) is 2.60. The first-order valence-electron chi connectivity index (χ1n) is 6.42. The Morgan fingerprint density at radius 2 is 1.58 bits per heavy atom. The molecule has 19 heavy (non-hydrogen) atoms. The van der Waals surface area contributed by atoms with Gasteiger partial charge >= 0.3 is 0 Å². The molecule has 0 spiro atoms. The Morgan fingerprint density at radius 1 is 0.895 bits per heavy atom. The summed E-state index contributed by atoms with van der Waals surface area (Å²) in [6.45, 7) is 0.632. The molecule has 0 saturated carbocycles. The van der Waals surface area contributed by atoms with Crippen molar-refractivity contribution in [1.29, 1.82) is 0 Å². The number of thioether (sulfide) groups is 2. The third-order valence-electron chi connectivity index (χ3n) is 3.02. The summed E-state index contributed by atoms with van der Waals surface area (Å²) in [7, 11) is 0. The molecule has 0 aromatic heterocycles. The van der Waals surface area contributed by atoms with Crippen LogP contribution in [0, 0.1) is 0 Å². The second-order valence-corrected chi connectivity index (χ2v) is 7.14. The lowest BCUT2D eigenvalue weighted by atomic mass is 10.2. The molecule has 98 valence electrons. The topological polar surface area (TPSA) is 9.23 Å². The summed E-state index contributed by atoms with van der Waals surface area (Å²) in [6.07, 6.45) is 0. The van der Waals surface area contributed by atoms with Crippen molar-refractivity contribution in [3.05, 3.63) is 65.7 Å². The second kappa shape index (κ2) is 6.40. The predicted molar refractivity (Wildman–Crippen MR) is 84.9 cm³/mol. The molecule has 3 rings (SSSR count). The molecule has 0 unspecified atom stereocenters. The van der Waals surface area contributed by atoms with E-state index in [0.29, 0.717) is 11.2 Å². The molecule has 1 heterocycles. The maximum absolute atomic E-state index is 5.80. The highest BCUT2D eigenvalue weighted by molar-refractivity contribution is 8.19. The van der Waals surface area contributed by atoms with Crippen LogP contribution in [0.25, 0.3) is 0 Å². The third-order valence-corrected chi connectivity index (χ3v) is 6.13. The zero-order valence-corrected chi connectivity index (χ0v) is 12.3. The van der Waals surface area contributed by atoms with Crippen molar-refractivity contribution in [2.75, 3.05) is 11.5 Å². The van der Waals surface area contributed by atoms with Gasteiger partial charge in [0.2, 0.25) is 0 Å². The maximum Gasteiger partial charge on any atom is 0.119 e. The molecule has 0 aliphatic carbocycles. The van der Waals surface area contributed by atoms with E-state index in [1.165, 1.54) is 22.6 Å². The van der Waals surface area contributed by atoms with Crippen molar-refractivity contribution in [3.8, 4) is 5.75 Å². The van der Waals surface area contributed by atoms with E-state index >= 15 is 0 Å². The van der Waals surface area contributed by atoms with Gasteiger partial charge in [-0.3, -0.25) is 0 Å². The molecule has 0 atom stereocenters. The first-order valence-corrected chi connectivity index (χ1v) is 8.51. The maximum atomic E-state index is 5.80. The van der Waals surface area contributed by atoms with Crippen LogP contribution in [0.1, 0.15) is 15.7 Å². The van der Waals surface area contributed by atoms with Gasteiger partial charge in [-0.2, -0.15) is 0 Å². The normalized spacial score (nSPS) is 15.6. The minimum Gasteiger partial charge on any atom is -0.489 e. The van der Waals surface area contributed by atoms with E-state index in [-0.39, 0.29) is 0 Å². The third kappa shape index (κ3) is 3.48. The standard InChI is InChI=1S/C16H16OS2/c1-2-4-13(5-3-1)12-17-15-8-6-14(7-9-15)16-18-10-11-19-16/h1-9,16H,10-12H2. The SMILES string of the molecule is c1ccc(COc2ccc(C3SCCS3)cc2)cc1. The highest BCUT2D eigenvalue weighted by atomic mass is 32.2. The minimum absolute atomic E-state index is 0.614. The molecule has 1 nitrogen and oxygen atoms in total. The molecule has 2 aromatic rings. The average Bonchev–Trinajstić information content (AvgIpc) is 3.01. The average molecular weight is 288 g/mol. The zero-order valence-electron chi connectivity index (χ0n) is 10.6. The summed E-state index contributed by atoms with van der Waals surface area (Å²) < 4.78 is 6.41. The summed E-state index contributed by atoms with van der Waals surface area (Å²) >= 11 is 4.07. The van der Waals surface area contributed by atoms with E-state index in [2.05, 4.69) is 36.4 Å². The van der Waals surface area contributed by atoms with Gasteiger partial charge in [-0.25, -0.2) is 0 Å². The van der Waals surface area contributed by atoms with Gasteiger partial charge in [-0.15, -0.1) is 23.5 Å². The van der Waals surface area contributed by atoms with Crippen molar-refractivity contribution in [2.45, 2.75) is 11.2 Å². The smallest absolute Gasteiger partial charge is 0.119 e. The van der Waals surface area contributed by atoms with Gasteiger partial charge < -0.3 is 4.74 Å². The molecule has 0 bridgehead atoms. The van der Waals surface area contributed by atoms with Gasteiger partial charge in [-0.05, 0) is 23.3 Å². The van der Waals surface area contributed by atoms with E-state index in [1.54, 1.807) is 0 Å². The zero-order chi connectivity index (χ0) is 12.9. The monoisotopic (exact) mass is 288 g/mol. The molecule has 0 radical (unpaired) electrons. The van der Waals surface area contributed by atoms with Gasteiger partial charge in [0.05, 0.1) is 4.58 Å². The second-order valence-electron chi connectivity index (χ2n) is 4.42. The van der Waals surface area contributed by atoms with Crippen molar-refractivity contribution >= 4 is 23.5 Å². The van der Waals surface area contributed by atoms with Crippen molar-refractivity contribution in [2.24, 2.45) is 0 Å². The highest BCUT2D eigenvalue weighted by Gasteiger charge is 2.17. The lowest BCUT2D eigenvalue weighted by Crippen LogP contribution is -1.95. The highest BCUT2D eigenvalue weighted by Crippen LogP contribution is 2.45. The molecule has 1 saturated heterocycles. The van der Waals surface area contributed by atoms with Crippen LogP contribution in [-0.4, -0.2) is 11.5 Å².